The topological polar surface area (TPSA) is 73.8 Å². The Morgan fingerprint density at radius 1 is 1.25 bits per heavy atom. The van der Waals surface area contributed by atoms with Crippen LogP contribution in [0, 0.1) is 6.92 Å². The van der Waals surface area contributed by atoms with Crippen LogP contribution >= 0.6 is 0 Å². The third-order valence-electron chi connectivity index (χ3n) is 3.08. The molecule has 5 nitrogen and oxygen atoms in total. The second-order valence-electron chi connectivity index (χ2n) is 4.60. The molecule has 2 N–H and O–H groups in total. The fourth-order valence-corrected chi connectivity index (χ4v) is 3.47. The van der Waals surface area contributed by atoms with E-state index in [1.54, 1.807) is 16.2 Å². The van der Waals surface area contributed by atoms with Gasteiger partial charge in [0.1, 0.15) is 11.3 Å². The minimum atomic E-state index is -2.68. The summed E-state index contributed by atoms with van der Waals surface area (Å²) in [5.41, 5.74) is 7.82. The zero-order chi connectivity index (χ0) is 14.3. The summed E-state index contributed by atoms with van der Waals surface area (Å²) in [6.07, 6.45) is 3.13. The molecule has 2 heterocycles. The summed E-state index contributed by atoms with van der Waals surface area (Å²) >= 11 is 0. The van der Waals surface area contributed by atoms with E-state index >= 15 is 0 Å². The number of fused-ring (bicyclic) bond motifs is 1. The number of nitrogens with zero attached hydrogens (tertiary/aromatic N) is 3. The summed E-state index contributed by atoms with van der Waals surface area (Å²) in [6.45, 7) is 1.98. The number of hydrogen-bond donors (Lipinski definition) is 1. The van der Waals surface area contributed by atoms with Crippen molar-refractivity contribution in [3.63, 3.8) is 0 Å². The number of benzene rings is 1. The lowest BCUT2D eigenvalue weighted by Crippen LogP contribution is -2.12. The van der Waals surface area contributed by atoms with Crippen molar-refractivity contribution in [2.75, 3.05) is 5.73 Å². The molecule has 0 amide bonds. The van der Waals surface area contributed by atoms with E-state index in [9.17, 15) is 4.21 Å². The lowest BCUT2D eigenvalue weighted by Gasteiger charge is -2.12. The van der Waals surface area contributed by atoms with E-state index in [-0.39, 0.29) is 0 Å². The first kappa shape index (κ1) is 12.7. The molecule has 20 heavy (non-hydrogen) atoms. The molecule has 0 fully saturated rings. The Balaban J connectivity index is 2.21. The number of anilines is 1. The molecule has 0 saturated carbocycles. The molecular formula is C14H14N4OS. The quantitative estimate of drug-likeness (QED) is 0.730. The maximum atomic E-state index is 13.0. The maximum absolute atomic E-state index is 13.0. The second-order valence-corrected chi connectivity index (χ2v) is 6.74. The van der Waals surface area contributed by atoms with Crippen LogP contribution in [0.15, 0.2) is 47.6 Å². The van der Waals surface area contributed by atoms with Crippen LogP contribution in [-0.2, 0) is 9.71 Å². The van der Waals surface area contributed by atoms with Crippen molar-refractivity contribution in [1.82, 2.24) is 13.9 Å². The summed E-state index contributed by atoms with van der Waals surface area (Å²) < 4.78 is 14.6. The van der Waals surface area contributed by atoms with E-state index in [0.29, 0.717) is 21.9 Å². The van der Waals surface area contributed by atoms with Gasteiger partial charge in [-0.1, -0.05) is 17.7 Å². The van der Waals surface area contributed by atoms with Crippen molar-refractivity contribution < 1.29 is 4.21 Å². The van der Waals surface area contributed by atoms with Crippen molar-refractivity contribution in [3.05, 3.63) is 48.3 Å². The Morgan fingerprint density at radius 2 is 1.95 bits per heavy atom. The highest BCUT2D eigenvalue weighted by atomic mass is 32.2. The molecule has 0 bridgehead atoms. The van der Waals surface area contributed by atoms with Crippen molar-refractivity contribution in [1.29, 1.82) is 0 Å². The highest BCUT2D eigenvalue weighted by molar-refractivity contribution is 7.99. The van der Waals surface area contributed by atoms with Crippen LogP contribution < -0.4 is 5.73 Å². The van der Waals surface area contributed by atoms with Gasteiger partial charge in [0.05, 0.1) is 20.8 Å². The zero-order valence-corrected chi connectivity index (χ0v) is 11.8. The Morgan fingerprint density at radius 3 is 2.65 bits per heavy atom. The first-order valence-electron chi connectivity index (χ1n) is 6.02. The van der Waals surface area contributed by atoms with Gasteiger partial charge in [0.2, 0.25) is 0 Å². The minimum absolute atomic E-state index is 0.334. The molecule has 3 rings (SSSR count). The third-order valence-corrected chi connectivity index (χ3v) is 5.02. The fourth-order valence-electron chi connectivity index (χ4n) is 2.00. The van der Waals surface area contributed by atoms with Gasteiger partial charge >= 0.3 is 0 Å². The fraction of sp³-hybridized carbons (Fsp3) is 0.0714. The van der Waals surface area contributed by atoms with E-state index in [0.717, 1.165) is 5.56 Å². The third kappa shape index (κ3) is 1.94. The highest BCUT2D eigenvalue weighted by Crippen LogP contribution is 2.20. The van der Waals surface area contributed by atoms with E-state index in [2.05, 4.69) is 15.8 Å². The number of aromatic nitrogens is 3. The maximum Gasteiger partial charge on any atom is 0.170 e. The van der Waals surface area contributed by atoms with Gasteiger partial charge in [-0.05, 0) is 31.0 Å². The number of hydrogen-bond acceptors (Lipinski definition) is 4. The van der Waals surface area contributed by atoms with Crippen LogP contribution in [0.5, 0.6) is 0 Å². The van der Waals surface area contributed by atoms with Crippen molar-refractivity contribution in [2.45, 2.75) is 11.8 Å². The predicted octanol–water partition coefficient (Wildman–Crippen LogP) is 1.86. The van der Waals surface area contributed by atoms with Gasteiger partial charge in [0.15, 0.2) is 5.65 Å². The molecular weight excluding hydrogens is 272 g/mol. The van der Waals surface area contributed by atoms with E-state index in [1.807, 2.05) is 31.2 Å². The molecule has 6 heteroatoms. The molecule has 3 aromatic rings. The molecule has 102 valence electrons. The molecule has 2 aromatic heterocycles. The molecule has 1 aromatic carbocycles. The molecule has 0 aliphatic rings. The Hall–Kier alpha value is -2.34. The van der Waals surface area contributed by atoms with Crippen LogP contribution in [-0.4, -0.2) is 24.0 Å². The largest absolute Gasteiger partial charge is 0.382 e. The molecule has 0 aliphatic heterocycles. The average molecular weight is 286 g/mol. The van der Waals surface area contributed by atoms with Crippen LogP contribution in [0.4, 0.5) is 5.82 Å². The molecule has 0 spiro atoms. The van der Waals surface area contributed by atoms with E-state index < -0.39 is 9.71 Å². The molecule has 0 radical (unpaired) electrons. The minimum Gasteiger partial charge on any atom is -0.382 e. The first-order chi connectivity index (χ1) is 9.48. The average Bonchev–Trinajstić information content (AvgIpc) is 2.82. The van der Waals surface area contributed by atoms with Gasteiger partial charge in [-0.3, -0.25) is 3.97 Å². The summed E-state index contributed by atoms with van der Waals surface area (Å²) in [4.78, 5) is 9.02. The van der Waals surface area contributed by atoms with Crippen molar-refractivity contribution >= 4 is 32.6 Å². The molecule has 0 aliphatic carbocycles. The van der Waals surface area contributed by atoms with E-state index in [4.69, 9.17) is 5.73 Å². The smallest absolute Gasteiger partial charge is 0.170 e. The molecule has 0 saturated heterocycles. The van der Waals surface area contributed by atoms with Gasteiger partial charge in [-0.25, -0.2) is 14.2 Å². The zero-order valence-electron chi connectivity index (χ0n) is 11.0. The summed E-state index contributed by atoms with van der Waals surface area (Å²) in [7, 11) is -2.68. The Labute approximate surface area is 117 Å². The standard InChI is InChI=1S/C14H14N4OS/c1-10-3-5-11(6-4-10)20(2,19)18-8-7-12-14(18)16-9-13(15)17-12/h3-9H,2H2,1H3,(H2,15,17). The SMILES string of the molecule is C=S(=O)(c1ccc(C)cc1)n1ccc2nc(N)cnc21. The van der Waals surface area contributed by atoms with Crippen LogP contribution in [0.3, 0.4) is 0 Å². The lowest BCUT2D eigenvalue weighted by atomic mass is 10.2. The van der Waals surface area contributed by atoms with Gasteiger partial charge < -0.3 is 5.73 Å². The Kier molecular flexibility index (Phi) is 2.76. The van der Waals surface area contributed by atoms with Crippen molar-refractivity contribution in [2.24, 2.45) is 0 Å². The van der Waals surface area contributed by atoms with Crippen molar-refractivity contribution in [3.8, 4) is 0 Å². The highest BCUT2D eigenvalue weighted by Gasteiger charge is 2.14. The first-order valence-corrected chi connectivity index (χ1v) is 7.71. The van der Waals surface area contributed by atoms with Gasteiger partial charge in [0.25, 0.3) is 0 Å². The monoisotopic (exact) mass is 286 g/mol. The van der Waals surface area contributed by atoms with Gasteiger partial charge in [-0.2, -0.15) is 0 Å². The van der Waals surface area contributed by atoms with Gasteiger partial charge in [0, 0.05) is 6.20 Å². The van der Waals surface area contributed by atoms with Crippen LogP contribution in [0.25, 0.3) is 11.2 Å². The number of aryl methyl sites for hydroxylation is 1. The second kappa shape index (κ2) is 4.35. The molecule has 1 atom stereocenters. The number of nitrogen functional groups attached to an aromatic ring is 1. The van der Waals surface area contributed by atoms with Gasteiger partial charge in [-0.15, -0.1) is 0 Å². The van der Waals surface area contributed by atoms with E-state index in [1.165, 1.54) is 6.20 Å². The number of nitrogens with two attached hydrogens (primary N) is 1. The van der Waals surface area contributed by atoms with Crippen LogP contribution in [0.1, 0.15) is 5.56 Å². The summed E-state index contributed by atoms with van der Waals surface area (Å²) in [5.74, 6) is 4.21. The summed E-state index contributed by atoms with van der Waals surface area (Å²) in [5, 5.41) is 0. The normalized spacial score (nSPS) is 14.2. The summed E-state index contributed by atoms with van der Waals surface area (Å²) in [6, 6.07) is 9.20. The lowest BCUT2D eigenvalue weighted by molar-refractivity contribution is 0.676. The predicted molar refractivity (Wildman–Crippen MR) is 82.0 cm³/mol. The number of rotatable bonds is 2. The van der Waals surface area contributed by atoms with Crippen LogP contribution in [0.2, 0.25) is 0 Å². The molecule has 1 unspecified atom stereocenters. The Bertz CT molecular complexity index is 879.